The lowest BCUT2D eigenvalue weighted by Gasteiger charge is -2.15. The lowest BCUT2D eigenvalue weighted by molar-refractivity contribution is 0.525. The van der Waals surface area contributed by atoms with Crippen LogP contribution in [0.3, 0.4) is 0 Å². The third-order valence-corrected chi connectivity index (χ3v) is 3.56. The van der Waals surface area contributed by atoms with Crippen LogP contribution in [0.5, 0.6) is 0 Å². The van der Waals surface area contributed by atoms with Crippen LogP contribution in [0, 0.1) is 5.92 Å². The fourth-order valence-corrected chi connectivity index (χ4v) is 2.43. The highest BCUT2D eigenvalue weighted by atomic mass is 14.8. The molecule has 2 rings (SSSR count). The molecule has 1 aromatic carbocycles. The van der Waals surface area contributed by atoms with E-state index in [0.29, 0.717) is 5.92 Å². The molecule has 0 aliphatic carbocycles. The van der Waals surface area contributed by atoms with Gasteiger partial charge >= 0.3 is 0 Å². The molecular formula is C17H24N2. The van der Waals surface area contributed by atoms with Crippen molar-refractivity contribution >= 4 is 10.8 Å². The van der Waals surface area contributed by atoms with Crippen LogP contribution in [-0.2, 0) is 0 Å². The zero-order chi connectivity index (χ0) is 13.7. The highest BCUT2D eigenvalue weighted by Crippen LogP contribution is 2.26. The van der Waals surface area contributed by atoms with E-state index in [1.54, 1.807) is 0 Å². The smallest absolute Gasteiger partial charge is 0.0349 e. The van der Waals surface area contributed by atoms with Gasteiger partial charge in [0, 0.05) is 17.8 Å². The molecule has 0 amide bonds. The van der Waals surface area contributed by atoms with E-state index >= 15 is 0 Å². The van der Waals surface area contributed by atoms with Crippen molar-refractivity contribution in [2.75, 3.05) is 13.1 Å². The molecular weight excluding hydrogens is 232 g/mol. The van der Waals surface area contributed by atoms with Crippen LogP contribution in [0.25, 0.3) is 10.8 Å². The van der Waals surface area contributed by atoms with E-state index in [9.17, 15) is 0 Å². The van der Waals surface area contributed by atoms with Gasteiger partial charge in [0.15, 0.2) is 0 Å². The van der Waals surface area contributed by atoms with E-state index in [4.69, 9.17) is 0 Å². The zero-order valence-electron chi connectivity index (χ0n) is 12.2. The Morgan fingerprint density at radius 2 is 2.00 bits per heavy atom. The number of rotatable bonds is 6. The highest BCUT2D eigenvalue weighted by Gasteiger charge is 2.09. The highest BCUT2D eigenvalue weighted by molar-refractivity contribution is 5.85. The molecule has 0 bridgehead atoms. The molecule has 2 heteroatoms. The quantitative estimate of drug-likeness (QED) is 0.791. The predicted molar refractivity (Wildman–Crippen MR) is 82.5 cm³/mol. The molecule has 0 saturated heterocycles. The van der Waals surface area contributed by atoms with Crippen LogP contribution >= 0.6 is 0 Å². The first-order chi connectivity index (χ1) is 9.18. The zero-order valence-corrected chi connectivity index (χ0v) is 12.2. The Morgan fingerprint density at radius 3 is 2.79 bits per heavy atom. The number of aromatic nitrogens is 1. The number of benzene rings is 1. The van der Waals surface area contributed by atoms with Crippen LogP contribution in [0.15, 0.2) is 36.7 Å². The van der Waals surface area contributed by atoms with E-state index in [1.807, 2.05) is 12.4 Å². The van der Waals surface area contributed by atoms with Crippen molar-refractivity contribution in [2.24, 2.45) is 5.92 Å². The molecule has 0 spiro atoms. The first kappa shape index (κ1) is 14.0. The number of hydrogen-bond donors (Lipinski definition) is 1. The summed E-state index contributed by atoms with van der Waals surface area (Å²) in [6.45, 7) is 8.97. The summed E-state index contributed by atoms with van der Waals surface area (Å²) < 4.78 is 0. The topological polar surface area (TPSA) is 24.9 Å². The second kappa shape index (κ2) is 6.67. The van der Waals surface area contributed by atoms with E-state index in [-0.39, 0.29) is 0 Å². The van der Waals surface area contributed by atoms with Crippen LogP contribution in [0.4, 0.5) is 0 Å². The van der Waals surface area contributed by atoms with Crippen LogP contribution < -0.4 is 5.32 Å². The first-order valence-corrected chi connectivity index (χ1v) is 7.22. The maximum Gasteiger partial charge on any atom is 0.0349 e. The number of nitrogens with one attached hydrogen (secondary N) is 1. The molecule has 1 atom stereocenters. The van der Waals surface area contributed by atoms with Crippen LogP contribution in [0.1, 0.15) is 38.7 Å². The van der Waals surface area contributed by atoms with Gasteiger partial charge in [0.05, 0.1) is 0 Å². The Hall–Kier alpha value is -1.41. The number of nitrogens with zero attached hydrogens (tertiary/aromatic N) is 1. The SMILES string of the molecule is CC(C)CNCCC(C)c1cccc2ccncc12. The van der Waals surface area contributed by atoms with Crippen molar-refractivity contribution < 1.29 is 0 Å². The summed E-state index contributed by atoms with van der Waals surface area (Å²) in [4.78, 5) is 4.26. The van der Waals surface area contributed by atoms with Gasteiger partial charge in [-0.3, -0.25) is 4.98 Å². The Labute approximate surface area is 116 Å². The number of pyridine rings is 1. The number of hydrogen-bond acceptors (Lipinski definition) is 2. The average molecular weight is 256 g/mol. The van der Waals surface area contributed by atoms with Gasteiger partial charge in [0.2, 0.25) is 0 Å². The van der Waals surface area contributed by atoms with Gasteiger partial charge in [0.1, 0.15) is 0 Å². The fraction of sp³-hybridized carbons (Fsp3) is 0.471. The summed E-state index contributed by atoms with van der Waals surface area (Å²) >= 11 is 0. The summed E-state index contributed by atoms with van der Waals surface area (Å²) in [7, 11) is 0. The Bertz CT molecular complexity index is 514. The van der Waals surface area contributed by atoms with Crippen molar-refractivity contribution in [3.8, 4) is 0 Å². The summed E-state index contributed by atoms with van der Waals surface area (Å²) in [5, 5.41) is 6.10. The normalized spacial score (nSPS) is 13.1. The Morgan fingerprint density at radius 1 is 1.16 bits per heavy atom. The Kier molecular flexibility index (Phi) is 4.92. The van der Waals surface area contributed by atoms with Crippen molar-refractivity contribution in [1.82, 2.24) is 10.3 Å². The van der Waals surface area contributed by atoms with Crippen molar-refractivity contribution in [3.63, 3.8) is 0 Å². The summed E-state index contributed by atoms with van der Waals surface area (Å²) in [6, 6.07) is 8.62. The molecule has 0 aliphatic rings. The van der Waals surface area contributed by atoms with E-state index < -0.39 is 0 Å². The van der Waals surface area contributed by atoms with Crippen LogP contribution in [-0.4, -0.2) is 18.1 Å². The maximum atomic E-state index is 4.26. The minimum absolute atomic E-state index is 0.563. The standard InChI is InChI=1S/C17H24N2/c1-13(2)11-18-9-7-14(3)16-6-4-5-15-8-10-19-12-17(15)16/h4-6,8,10,12-14,18H,7,9,11H2,1-3H3. The van der Waals surface area contributed by atoms with Gasteiger partial charge in [-0.25, -0.2) is 0 Å². The minimum Gasteiger partial charge on any atom is -0.316 e. The monoisotopic (exact) mass is 256 g/mol. The Balaban J connectivity index is 2.03. The third-order valence-electron chi connectivity index (χ3n) is 3.56. The van der Waals surface area contributed by atoms with E-state index in [0.717, 1.165) is 19.0 Å². The van der Waals surface area contributed by atoms with Gasteiger partial charge in [0.25, 0.3) is 0 Å². The van der Waals surface area contributed by atoms with Gasteiger partial charge in [-0.05, 0) is 48.4 Å². The molecule has 2 aromatic rings. The van der Waals surface area contributed by atoms with Gasteiger partial charge < -0.3 is 5.32 Å². The molecule has 0 aliphatic heterocycles. The molecule has 102 valence electrons. The molecule has 19 heavy (non-hydrogen) atoms. The largest absolute Gasteiger partial charge is 0.316 e. The van der Waals surface area contributed by atoms with Gasteiger partial charge in [-0.15, -0.1) is 0 Å². The minimum atomic E-state index is 0.563. The summed E-state index contributed by atoms with van der Waals surface area (Å²) in [5.41, 5.74) is 1.41. The van der Waals surface area contributed by atoms with E-state index in [2.05, 4.69) is 55.3 Å². The molecule has 1 heterocycles. The molecule has 2 nitrogen and oxygen atoms in total. The lowest BCUT2D eigenvalue weighted by atomic mass is 9.93. The van der Waals surface area contributed by atoms with Gasteiger partial charge in [-0.1, -0.05) is 39.0 Å². The van der Waals surface area contributed by atoms with Crippen molar-refractivity contribution in [1.29, 1.82) is 0 Å². The van der Waals surface area contributed by atoms with Gasteiger partial charge in [-0.2, -0.15) is 0 Å². The molecule has 0 fully saturated rings. The summed E-state index contributed by atoms with van der Waals surface area (Å²) in [5.74, 6) is 1.28. The molecule has 0 radical (unpaired) electrons. The third kappa shape index (κ3) is 3.77. The lowest BCUT2D eigenvalue weighted by Crippen LogP contribution is -2.21. The van der Waals surface area contributed by atoms with Crippen LogP contribution in [0.2, 0.25) is 0 Å². The average Bonchev–Trinajstić information content (AvgIpc) is 2.42. The molecule has 1 aromatic heterocycles. The van der Waals surface area contributed by atoms with Crippen molar-refractivity contribution in [2.45, 2.75) is 33.1 Å². The van der Waals surface area contributed by atoms with E-state index in [1.165, 1.54) is 22.8 Å². The summed E-state index contributed by atoms with van der Waals surface area (Å²) in [6.07, 6.45) is 5.02. The number of fused-ring (bicyclic) bond motifs is 1. The molecule has 0 saturated carbocycles. The predicted octanol–water partition coefficient (Wildman–Crippen LogP) is 3.97. The molecule has 1 N–H and O–H groups in total. The fourth-order valence-electron chi connectivity index (χ4n) is 2.43. The second-order valence-electron chi connectivity index (χ2n) is 5.73. The first-order valence-electron chi connectivity index (χ1n) is 7.22. The molecule has 1 unspecified atom stereocenters. The van der Waals surface area contributed by atoms with Crippen molar-refractivity contribution in [3.05, 3.63) is 42.2 Å². The second-order valence-corrected chi connectivity index (χ2v) is 5.73. The maximum absolute atomic E-state index is 4.26.